The van der Waals surface area contributed by atoms with Crippen molar-refractivity contribution in [2.75, 3.05) is 11.9 Å². The zero-order valence-corrected chi connectivity index (χ0v) is 19.6. The van der Waals surface area contributed by atoms with Crippen LogP contribution in [0.1, 0.15) is 27.8 Å². The van der Waals surface area contributed by atoms with Crippen molar-refractivity contribution >= 4 is 29.2 Å². The second-order valence-electron chi connectivity index (χ2n) is 7.82. The molecule has 2 heterocycles. The first-order valence-corrected chi connectivity index (χ1v) is 11.1. The van der Waals surface area contributed by atoms with Gasteiger partial charge in [-0.2, -0.15) is 5.10 Å². The van der Waals surface area contributed by atoms with Crippen LogP contribution in [-0.2, 0) is 0 Å². The van der Waals surface area contributed by atoms with Gasteiger partial charge < -0.3 is 15.7 Å². The molecule has 8 nitrogen and oxygen atoms in total. The molecule has 11 heteroatoms. The molecule has 4 aromatic rings. The number of aromatic nitrogens is 3. The van der Waals surface area contributed by atoms with Gasteiger partial charge in [-0.3, -0.25) is 14.6 Å². The lowest BCUT2D eigenvalue weighted by atomic mass is 10.1. The molecule has 0 radical (unpaired) electrons. The second-order valence-corrected chi connectivity index (χ2v) is 8.23. The van der Waals surface area contributed by atoms with Gasteiger partial charge in [0, 0.05) is 23.9 Å². The Morgan fingerprint density at radius 1 is 1.06 bits per heavy atom. The predicted octanol–water partition coefficient (Wildman–Crippen LogP) is 4.23. The number of aliphatic hydroxyl groups excluding tert-OH is 1. The van der Waals surface area contributed by atoms with Crippen LogP contribution in [0.2, 0.25) is 5.02 Å². The van der Waals surface area contributed by atoms with Crippen molar-refractivity contribution in [2.24, 2.45) is 0 Å². The maximum atomic E-state index is 14.6. The standard InChI is InChI=1S/C25H20ClF2N5O3/c1-14(13-34)30-25(36)21-12-22(33(32-21)15-6-3-2-4-7-15)31-24(35)16-10-17(20(28)11-18(16)26)23-19(27)8-5-9-29-23/h2-12,14,34H,13H2,1H3,(H,30,36)(H,31,35)/t14-/m0/s1. The van der Waals surface area contributed by atoms with E-state index in [-0.39, 0.29) is 40.0 Å². The minimum atomic E-state index is -0.847. The number of carbonyl (C=O) groups is 2. The lowest BCUT2D eigenvalue weighted by molar-refractivity contribution is 0.0916. The molecular weight excluding hydrogens is 492 g/mol. The minimum Gasteiger partial charge on any atom is -0.394 e. The molecule has 0 unspecified atom stereocenters. The van der Waals surface area contributed by atoms with Gasteiger partial charge in [0.15, 0.2) is 5.69 Å². The zero-order valence-electron chi connectivity index (χ0n) is 18.9. The molecular formula is C25H20ClF2N5O3. The van der Waals surface area contributed by atoms with E-state index in [1.165, 1.54) is 23.0 Å². The highest BCUT2D eigenvalue weighted by molar-refractivity contribution is 6.34. The first-order chi connectivity index (χ1) is 17.3. The highest BCUT2D eigenvalue weighted by Crippen LogP contribution is 2.30. The molecule has 1 atom stereocenters. The highest BCUT2D eigenvalue weighted by Gasteiger charge is 2.22. The molecule has 2 amide bonds. The Kier molecular flexibility index (Phi) is 7.37. The third-order valence-corrected chi connectivity index (χ3v) is 5.46. The van der Waals surface area contributed by atoms with E-state index in [2.05, 4.69) is 20.7 Å². The van der Waals surface area contributed by atoms with Crippen LogP contribution in [0.15, 0.2) is 66.9 Å². The van der Waals surface area contributed by atoms with Crippen molar-refractivity contribution in [3.8, 4) is 16.9 Å². The number of nitrogens with zero attached hydrogens (tertiary/aromatic N) is 3. The van der Waals surface area contributed by atoms with Crippen LogP contribution in [0.25, 0.3) is 16.9 Å². The lowest BCUT2D eigenvalue weighted by Crippen LogP contribution is -2.35. The SMILES string of the molecule is C[C@@H](CO)NC(=O)c1cc(NC(=O)c2cc(-c3ncccc3F)c(F)cc2Cl)n(-c2ccccc2)n1. The van der Waals surface area contributed by atoms with Crippen molar-refractivity contribution in [2.45, 2.75) is 13.0 Å². The predicted molar refractivity (Wildman–Crippen MR) is 130 cm³/mol. The van der Waals surface area contributed by atoms with E-state index < -0.39 is 29.5 Å². The summed E-state index contributed by atoms with van der Waals surface area (Å²) in [7, 11) is 0. The maximum absolute atomic E-state index is 14.6. The molecule has 0 aliphatic rings. The number of pyridine rings is 1. The minimum absolute atomic E-state index is 0.0177. The molecule has 0 fully saturated rings. The Morgan fingerprint density at radius 2 is 1.81 bits per heavy atom. The second kappa shape index (κ2) is 10.6. The van der Waals surface area contributed by atoms with Gasteiger partial charge in [0.05, 0.1) is 22.9 Å². The van der Waals surface area contributed by atoms with E-state index in [4.69, 9.17) is 11.6 Å². The number of aliphatic hydroxyl groups is 1. The number of rotatable bonds is 7. The van der Waals surface area contributed by atoms with E-state index in [1.54, 1.807) is 37.3 Å². The van der Waals surface area contributed by atoms with Crippen LogP contribution >= 0.6 is 11.6 Å². The van der Waals surface area contributed by atoms with Crippen molar-refractivity contribution in [1.82, 2.24) is 20.1 Å². The third-order valence-electron chi connectivity index (χ3n) is 5.15. The number of amides is 2. The average molecular weight is 512 g/mol. The van der Waals surface area contributed by atoms with Crippen LogP contribution < -0.4 is 10.6 Å². The summed E-state index contributed by atoms with van der Waals surface area (Å²) in [6.07, 6.45) is 1.30. The number of carbonyl (C=O) groups excluding carboxylic acids is 2. The molecule has 0 bridgehead atoms. The van der Waals surface area contributed by atoms with Crippen molar-refractivity contribution in [1.29, 1.82) is 0 Å². The summed E-state index contributed by atoms with van der Waals surface area (Å²) in [5.74, 6) is -2.79. The summed E-state index contributed by atoms with van der Waals surface area (Å²) in [6.45, 7) is 1.35. The van der Waals surface area contributed by atoms with Crippen LogP contribution in [0.5, 0.6) is 0 Å². The quantitative estimate of drug-likeness (QED) is 0.344. The van der Waals surface area contributed by atoms with Gasteiger partial charge in [0.25, 0.3) is 11.8 Å². The average Bonchev–Trinajstić information content (AvgIpc) is 3.29. The fraction of sp³-hybridized carbons (Fsp3) is 0.120. The zero-order chi connectivity index (χ0) is 25.8. The summed E-state index contributed by atoms with van der Waals surface area (Å²) >= 11 is 6.15. The summed E-state index contributed by atoms with van der Waals surface area (Å²) in [4.78, 5) is 29.6. The van der Waals surface area contributed by atoms with Crippen molar-refractivity contribution in [3.05, 3.63) is 94.8 Å². The van der Waals surface area contributed by atoms with Gasteiger partial charge >= 0.3 is 0 Å². The fourth-order valence-electron chi connectivity index (χ4n) is 3.36. The number of benzene rings is 2. The largest absolute Gasteiger partial charge is 0.394 e. The number of nitrogens with one attached hydrogen (secondary N) is 2. The van der Waals surface area contributed by atoms with Gasteiger partial charge in [-0.15, -0.1) is 0 Å². The van der Waals surface area contributed by atoms with Crippen LogP contribution in [0, 0.1) is 11.6 Å². The van der Waals surface area contributed by atoms with Gasteiger partial charge in [0.1, 0.15) is 23.1 Å². The van der Waals surface area contributed by atoms with Crippen LogP contribution in [0.4, 0.5) is 14.6 Å². The highest BCUT2D eigenvalue weighted by atomic mass is 35.5. The molecule has 36 heavy (non-hydrogen) atoms. The summed E-state index contributed by atoms with van der Waals surface area (Å²) in [5.41, 5.74) is -0.123. The summed E-state index contributed by atoms with van der Waals surface area (Å²) < 4.78 is 30.2. The van der Waals surface area contributed by atoms with E-state index in [0.717, 1.165) is 18.2 Å². The molecule has 2 aromatic carbocycles. The van der Waals surface area contributed by atoms with E-state index >= 15 is 0 Å². The van der Waals surface area contributed by atoms with E-state index in [0.29, 0.717) is 5.69 Å². The monoisotopic (exact) mass is 511 g/mol. The fourth-order valence-corrected chi connectivity index (χ4v) is 3.60. The van der Waals surface area contributed by atoms with E-state index in [1.807, 2.05) is 0 Å². The molecule has 4 rings (SSSR count). The molecule has 0 spiro atoms. The third kappa shape index (κ3) is 5.24. The first-order valence-electron chi connectivity index (χ1n) is 10.8. The van der Waals surface area contributed by atoms with Gasteiger partial charge in [0.2, 0.25) is 0 Å². The van der Waals surface area contributed by atoms with Crippen LogP contribution in [-0.4, -0.2) is 44.3 Å². The summed E-state index contributed by atoms with van der Waals surface area (Å²) in [5, 5.41) is 18.5. The number of hydrogen-bond donors (Lipinski definition) is 3. The first kappa shape index (κ1) is 25.0. The van der Waals surface area contributed by atoms with E-state index in [9.17, 15) is 23.5 Å². The number of para-hydroxylation sites is 1. The Hall–Kier alpha value is -4.15. The van der Waals surface area contributed by atoms with Gasteiger partial charge in [-0.1, -0.05) is 29.8 Å². The summed E-state index contributed by atoms with van der Waals surface area (Å²) in [6, 6.07) is 14.1. The number of hydrogen-bond acceptors (Lipinski definition) is 5. The van der Waals surface area contributed by atoms with Crippen molar-refractivity contribution < 1.29 is 23.5 Å². The molecule has 0 saturated heterocycles. The van der Waals surface area contributed by atoms with Crippen molar-refractivity contribution in [3.63, 3.8) is 0 Å². The molecule has 0 aliphatic heterocycles. The maximum Gasteiger partial charge on any atom is 0.272 e. The number of anilines is 1. The Bertz CT molecular complexity index is 1430. The normalized spacial score (nSPS) is 11.7. The molecule has 184 valence electrons. The molecule has 2 aromatic heterocycles. The Balaban J connectivity index is 1.72. The smallest absolute Gasteiger partial charge is 0.272 e. The lowest BCUT2D eigenvalue weighted by Gasteiger charge is -2.12. The Labute approximate surface area is 209 Å². The van der Waals surface area contributed by atoms with Gasteiger partial charge in [-0.25, -0.2) is 13.5 Å². The molecule has 0 aliphatic carbocycles. The topological polar surface area (TPSA) is 109 Å². The molecule has 3 N–H and O–H groups in total. The van der Waals surface area contributed by atoms with Gasteiger partial charge in [-0.05, 0) is 43.3 Å². The molecule has 0 saturated carbocycles. The van der Waals surface area contributed by atoms with Crippen LogP contribution in [0.3, 0.4) is 0 Å². The number of halogens is 3. The Morgan fingerprint density at radius 3 is 2.50 bits per heavy atom.